The molecule has 31 heavy (non-hydrogen) atoms. The van der Waals surface area contributed by atoms with Gasteiger partial charge in [0.1, 0.15) is 0 Å². The van der Waals surface area contributed by atoms with Gasteiger partial charge in [-0.1, -0.05) is 11.8 Å². The van der Waals surface area contributed by atoms with E-state index in [2.05, 4.69) is 29.0 Å². The van der Waals surface area contributed by atoms with Gasteiger partial charge >= 0.3 is 5.76 Å². The molecule has 1 aromatic heterocycles. The number of carbonyl (C=O) groups excluding carboxylic acids is 1. The lowest BCUT2D eigenvalue weighted by Crippen LogP contribution is -2.49. The number of carbonyl (C=O) groups is 1. The van der Waals surface area contributed by atoms with Gasteiger partial charge in [0.2, 0.25) is 0 Å². The lowest BCUT2D eigenvalue weighted by Gasteiger charge is -2.24. The third kappa shape index (κ3) is 4.52. The molecule has 0 bridgehead atoms. The van der Waals surface area contributed by atoms with Crippen molar-refractivity contribution in [3.8, 4) is 23.7 Å². The van der Waals surface area contributed by atoms with Crippen LogP contribution in [0.15, 0.2) is 27.4 Å². The molecular formula is C21H23N3O6S. The lowest BCUT2D eigenvalue weighted by atomic mass is 10.1. The number of nitrogens with one attached hydrogen (secondary N) is 2. The molecule has 164 valence electrons. The molecule has 1 aliphatic carbocycles. The Bertz CT molecular complexity index is 1310. The molecule has 0 aliphatic heterocycles. The fourth-order valence-corrected chi connectivity index (χ4v) is 3.93. The molecule has 1 amide bonds. The van der Waals surface area contributed by atoms with Gasteiger partial charge < -0.3 is 9.73 Å². The second-order valence-corrected chi connectivity index (χ2v) is 10.2. The second-order valence-electron chi connectivity index (χ2n) is 7.73. The summed E-state index contributed by atoms with van der Waals surface area (Å²) < 4.78 is 28.8. The molecule has 0 saturated heterocycles. The minimum Gasteiger partial charge on any atom is -0.408 e. The van der Waals surface area contributed by atoms with Crippen LogP contribution in [0.5, 0.6) is 0 Å². The summed E-state index contributed by atoms with van der Waals surface area (Å²) in [5, 5.41) is 12.1. The molecule has 2 aromatic rings. The molecular weight excluding hydrogens is 422 g/mol. The number of hydrogen-bond donors (Lipinski definition) is 3. The number of sulfone groups is 1. The number of hydroxylamine groups is 1. The van der Waals surface area contributed by atoms with Crippen LogP contribution in [0.2, 0.25) is 0 Å². The van der Waals surface area contributed by atoms with E-state index in [4.69, 9.17) is 9.62 Å². The van der Waals surface area contributed by atoms with Crippen LogP contribution < -0.4 is 16.6 Å². The second kappa shape index (κ2) is 8.23. The number of aryl methyl sites for hydroxylation is 1. The topological polar surface area (TPSA) is 131 Å². The number of amides is 1. The van der Waals surface area contributed by atoms with Crippen LogP contribution in [0.4, 0.5) is 0 Å². The highest BCUT2D eigenvalue weighted by Gasteiger charge is 2.43. The summed E-state index contributed by atoms with van der Waals surface area (Å²) in [4.78, 5) is 24.3. The quantitative estimate of drug-likeness (QED) is 0.333. The highest BCUT2D eigenvalue weighted by atomic mass is 32.2. The zero-order valence-corrected chi connectivity index (χ0v) is 18.2. The first-order chi connectivity index (χ1) is 14.5. The Balaban J connectivity index is 1.84. The standard InChI is InChI=1S/C21H23N3O6S/c1-20(18(25)23-27,31(3,28)29)12-13-24-16-8-7-15(14-17(16)30-19(24)26)6-4-5-9-21(22-2)10-11-21/h7-8,14,22,27H,10-13H2,1-3H3,(H,23,25). The number of benzene rings is 1. The number of oxazole rings is 1. The summed E-state index contributed by atoms with van der Waals surface area (Å²) in [5.41, 5.74) is 2.60. The van der Waals surface area contributed by atoms with Gasteiger partial charge in [0.25, 0.3) is 5.91 Å². The summed E-state index contributed by atoms with van der Waals surface area (Å²) in [6, 6.07) is 4.93. The molecule has 1 atom stereocenters. The molecule has 9 nitrogen and oxygen atoms in total. The number of aromatic nitrogens is 1. The van der Waals surface area contributed by atoms with Gasteiger partial charge in [-0.3, -0.25) is 14.6 Å². The SMILES string of the molecule is CNC1(C#CC#Cc2ccc3c(c2)oc(=O)n3CCC(C)(C(=O)NO)S(C)(=O)=O)CC1. The van der Waals surface area contributed by atoms with Gasteiger partial charge in [-0.05, 0) is 63.3 Å². The highest BCUT2D eigenvalue weighted by Crippen LogP contribution is 2.33. The van der Waals surface area contributed by atoms with E-state index in [0.717, 1.165) is 19.1 Å². The Morgan fingerprint density at radius 1 is 1.35 bits per heavy atom. The lowest BCUT2D eigenvalue weighted by molar-refractivity contribution is -0.131. The monoisotopic (exact) mass is 445 g/mol. The Kier molecular flexibility index (Phi) is 6.01. The molecule has 1 aromatic carbocycles. The average Bonchev–Trinajstić information content (AvgIpc) is 3.44. The highest BCUT2D eigenvalue weighted by molar-refractivity contribution is 7.92. The van der Waals surface area contributed by atoms with Crippen molar-refractivity contribution in [2.75, 3.05) is 13.3 Å². The Hall–Kier alpha value is -3.05. The van der Waals surface area contributed by atoms with E-state index in [1.165, 1.54) is 17.0 Å². The minimum absolute atomic E-state index is 0.106. The molecule has 0 radical (unpaired) electrons. The number of fused-ring (bicyclic) bond motifs is 1. The zero-order valence-electron chi connectivity index (χ0n) is 17.4. The van der Waals surface area contributed by atoms with E-state index in [1.807, 2.05) is 7.05 Å². The van der Waals surface area contributed by atoms with Crippen LogP contribution in [0.1, 0.15) is 31.7 Å². The average molecular weight is 445 g/mol. The summed E-state index contributed by atoms with van der Waals surface area (Å²) in [6.45, 7) is 1.08. The maximum Gasteiger partial charge on any atom is 0.419 e. The number of nitrogens with zero attached hydrogens (tertiary/aromatic N) is 1. The van der Waals surface area contributed by atoms with Gasteiger partial charge in [-0.2, -0.15) is 0 Å². The third-order valence-corrected chi connectivity index (χ3v) is 7.71. The fourth-order valence-electron chi connectivity index (χ4n) is 3.08. The van der Waals surface area contributed by atoms with Crippen LogP contribution in [-0.4, -0.2) is 47.7 Å². The first-order valence-electron chi connectivity index (χ1n) is 9.55. The molecule has 1 unspecified atom stereocenters. The van der Waals surface area contributed by atoms with Crippen molar-refractivity contribution in [3.63, 3.8) is 0 Å². The largest absolute Gasteiger partial charge is 0.419 e. The maximum absolute atomic E-state index is 12.3. The van der Waals surface area contributed by atoms with Crippen molar-refractivity contribution in [2.24, 2.45) is 0 Å². The van der Waals surface area contributed by atoms with Crippen molar-refractivity contribution in [1.29, 1.82) is 0 Å². The van der Waals surface area contributed by atoms with Gasteiger partial charge in [0.15, 0.2) is 20.2 Å². The summed E-state index contributed by atoms with van der Waals surface area (Å²) in [6.07, 6.45) is 2.66. The fraction of sp³-hybridized carbons (Fsp3) is 0.429. The first-order valence-corrected chi connectivity index (χ1v) is 11.4. The van der Waals surface area contributed by atoms with Crippen LogP contribution in [-0.2, 0) is 21.2 Å². The van der Waals surface area contributed by atoms with Crippen molar-refractivity contribution in [3.05, 3.63) is 34.3 Å². The maximum atomic E-state index is 12.3. The summed E-state index contributed by atoms with van der Waals surface area (Å²) in [7, 11) is -2.01. The van der Waals surface area contributed by atoms with Crippen LogP contribution in [0.3, 0.4) is 0 Å². The normalized spacial score (nSPS) is 16.4. The molecule has 1 fully saturated rings. The van der Waals surface area contributed by atoms with Gasteiger partial charge in [0.05, 0.1) is 11.1 Å². The summed E-state index contributed by atoms with van der Waals surface area (Å²) in [5.74, 6) is 9.85. The van der Waals surface area contributed by atoms with Crippen molar-refractivity contribution in [2.45, 2.75) is 43.0 Å². The first kappa shape index (κ1) is 22.6. The van der Waals surface area contributed by atoms with E-state index in [0.29, 0.717) is 11.1 Å². The smallest absolute Gasteiger partial charge is 0.408 e. The third-order valence-electron chi connectivity index (χ3n) is 5.68. The van der Waals surface area contributed by atoms with Gasteiger partial charge in [-0.15, -0.1) is 0 Å². The van der Waals surface area contributed by atoms with Crippen LogP contribution in [0.25, 0.3) is 11.1 Å². The predicted octanol–water partition coefficient (Wildman–Crippen LogP) is 0.400. The minimum atomic E-state index is -3.88. The van der Waals surface area contributed by atoms with E-state index in [1.54, 1.807) is 18.2 Å². The van der Waals surface area contributed by atoms with E-state index < -0.39 is 26.2 Å². The van der Waals surface area contributed by atoms with E-state index in [9.17, 15) is 18.0 Å². The molecule has 3 N–H and O–H groups in total. The Morgan fingerprint density at radius 2 is 2.06 bits per heavy atom. The molecule has 10 heteroatoms. The molecule has 1 aliphatic rings. The van der Waals surface area contributed by atoms with Crippen molar-refractivity contribution < 1.29 is 22.8 Å². The molecule has 1 saturated carbocycles. The Labute approximate surface area is 179 Å². The van der Waals surface area contributed by atoms with E-state index in [-0.39, 0.29) is 24.1 Å². The Morgan fingerprint density at radius 3 is 2.65 bits per heavy atom. The van der Waals surface area contributed by atoms with E-state index >= 15 is 0 Å². The molecule has 1 heterocycles. The van der Waals surface area contributed by atoms with Gasteiger partial charge in [-0.25, -0.2) is 18.7 Å². The van der Waals surface area contributed by atoms with Crippen molar-refractivity contribution in [1.82, 2.24) is 15.4 Å². The zero-order chi connectivity index (χ0) is 22.9. The van der Waals surface area contributed by atoms with Crippen LogP contribution in [0, 0.1) is 23.7 Å². The molecule has 0 spiro atoms. The number of hydrogen-bond acceptors (Lipinski definition) is 7. The summed E-state index contributed by atoms with van der Waals surface area (Å²) >= 11 is 0. The molecule has 3 rings (SSSR count). The number of rotatable bonds is 6. The predicted molar refractivity (Wildman–Crippen MR) is 114 cm³/mol. The van der Waals surface area contributed by atoms with Crippen LogP contribution >= 0.6 is 0 Å². The van der Waals surface area contributed by atoms with Gasteiger partial charge in [0, 0.05) is 18.4 Å². The van der Waals surface area contributed by atoms with Crippen molar-refractivity contribution >= 4 is 26.8 Å².